The molecule has 1 aromatic rings. The molecule has 4 heteroatoms. The number of halogens is 1. The molecule has 0 aromatic heterocycles. The molecule has 2 N–H and O–H groups in total. The minimum Gasteiger partial charge on any atom is -0.363 e. The van der Waals surface area contributed by atoms with Crippen molar-refractivity contribution in [2.75, 3.05) is 31.6 Å². The van der Waals surface area contributed by atoms with Gasteiger partial charge in [-0.1, -0.05) is 6.07 Å². The standard InChI is InChI=1S/C14H22FN3/c1-11-9-17(2)10-14(6-7-16)18(11)13-5-3-4-12(15)8-13/h3-5,8,11,14H,6-7,9-10,16H2,1-2H3. The normalized spacial score (nSPS) is 25.4. The quantitative estimate of drug-likeness (QED) is 0.887. The molecule has 1 saturated heterocycles. The Hall–Kier alpha value is -1.13. The van der Waals surface area contributed by atoms with Crippen molar-refractivity contribution in [3.63, 3.8) is 0 Å². The monoisotopic (exact) mass is 251 g/mol. The van der Waals surface area contributed by atoms with E-state index in [0.717, 1.165) is 25.2 Å². The molecule has 0 spiro atoms. The van der Waals surface area contributed by atoms with Crippen molar-refractivity contribution in [1.29, 1.82) is 0 Å². The molecule has 2 atom stereocenters. The molecule has 0 bridgehead atoms. The van der Waals surface area contributed by atoms with Crippen LogP contribution >= 0.6 is 0 Å². The summed E-state index contributed by atoms with van der Waals surface area (Å²) in [4.78, 5) is 4.64. The van der Waals surface area contributed by atoms with Crippen LogP contribution in [-0.2, 0) is 0 Å². The summed E-state index contributed by atoms with van der Waals surface area (Å²) in [6.45, 7) is 4.83. The molecule has 3 nitrogen and oxygen atoms in total. The van der Waals surface area contributed by atoms with Gasteiger partial charge in [0.15, 0.2) is 0 Å². The SMILES string of the molecule is CC1CN(C)CC(CCN)N1c1cccc(F)c1. The van der Waals surface area contributed by atoms with Crippen LogP contribution < -0.4 is 10.6 Å². The molecule has 2 rings (SSSR count). The van der Waals surface area contributed by atoms with Crippen molar-refractivity contribution in [2.45, 2.75) is 25.4 Å². The number of likely N-dealkylation sites (N-methyl/N-ethyl adjacent to an activating group) is 1. The van der Waals surface area contributed by atoms with Crippen LogP contribution in [0.4, 0.5) is 10.1 Å². The van der Waals surface area contributed by atoms with Gasteiger partial charge in [-0.3, -0.25) is 0 Å². The summed E-state index contributed by atoms with van der Waals surface area (Å²) in [5.41, 5.74) is 6.67. The fraction of sp³-hybridized carbons (Fsp3) is 0.571. The van der Waals surface area contributed by atoms with E-state index in [9.17, 15) is 4.39 Å². The zero-order valence-electron chi connectivity index (χ0n) is 11.1. The van der Waals surface area contributed by atoms with E-state index >= 15 is 0 Å². The number of rotatable bonds is 3. The summed E-state index contributed by atoms with van der Waals surface area (Å²) in [6, 6.07) is 7.60. The van der Waals surface area contributed by atoms with Crippen LogP contribution in [0.15, 0.2) is 24.3 Å². The Labute approximate surface area is 108 Å². The topological polar surface area (TPSA) is 32.5 Å². The van der Waals surface area contributed by atoms with Gasteiger partial charge in [0, 0.05) is 30.9 Å². The Morgan fingerprint density at radius 2 is 2.17 bits per heavy atom. The third-order valence-corrected chi connectivity index (χ3v) is 3.57. The van der Waals surface area contributed by atoms with Gasteiger partial charge in [0.25, 0.3) is 0 Å². The first-order valence-corrected chi connectivity index (χ1v) is 6.54. The third kappa shape index (κ3) is 2.82. The van der Waals surface area contributed by atoms with Crippen molar-refractivity contribution in [3.8, 4) is 0 Å². The van der Waals surface area contributed by atoms with Gasteiger partial charge < -0.3 is 15.5 Å². The fourth-order valence-electron chi connectivity index (χ4n) is 2.95. The van der Waals surface area contributed by atoms with E-state index in [-0.39, 0.29) is 5.82 Å². The van der Waals surface area contributed by atoms with Crippen molar-refractivity contribution < 1.29 is 4.39 Å². The molecule has 18 heavy (non-hydrogen) atoms. The Morgan fingerprint density at radius 3 is 2.83 bits per heavy atom. The Bertz CT molecular complexity index is 396. The second-order valence-electron chi connectivity index (χ2n) is 5.19. The molecule has 1 heterocycles. The van der Waals surface area contributed by atoms with Crippen LogP contribution in [0.1, 0.15) is 13.3 Å². The van der Waals surface area contributed by atoms with Gasteiger partial charge in [-0.05, 0) is 45.1 Å². The van der Waals surface area contributed by atoms with Crippen LogP contribution in [0.2, 0.25) is 0 Å². The third-order valence-electron chi connectivity index (χ3n) is 3.57. The molecule has 100 valence electrons. The molecule has 0 amide bonds. The molecule has 2 unspecified atom stereocenters. The van der Waals surface area contributed by atoms with E-state index in [1.54, 1.807) is 12.1 Å². The van der Waals surface area contributed by atoms with Crippen LogP contribution in [0.5, 0.6) is 0 Å². The molecule has 1 aliphatic rings. The van der Waals surface area contributed by atoms with Crippen molar-refractivity contribution in [1.82, 2.24) is 4.90 Å². The molecule has 0 radical (unpaired) electrons. The summed E-state index contributed by atoms with van der Waals surface area (Å²) >= 11 is 0. The highest BCUT2D eigenvalue weighted by Crippen LogP contribution is 2.26. The van der Waals surface area contributed by atoms with Crippen LogP contribution in [0.25, 0.3) is 0 Å². The van der Waals surface area contributed by atoms with E-state index in [1.165, 1.54) is 6.07 Å². The zero-order valence-corrected chi connectivity index (χ0v) is 11.1. The van der Waals surface area contributed by atoms with Gasteiger partial charge in [-0.25, -0.2) is 4.39 Å². The van der Waals surface area contributed by atoms with E-state index in [0.29, 0.717) is 18.6 Å². The first-order valence-electron chi connectivity index (χ1n) is 6.54. The molecular weight excluding hydrogens is 229 g/mol. The van der Waals surface area contributed by atoms with Crippen molar-refractivity contribution in [2.24, 2.45) is 5.73 Å². The van der Waals surface area contributed by atoms with Crippen molar-refractivity contribution in [3.05, 3.63) is 30.1 Å². The first-order chi connectivity index (χ1) is 8.61. The second-order valence-corrected chi connectivity index (χ2v) is 5.19. The zero-order chi connectivity index (χ0) is 13.1. The predicted molar refractivity (Wildman–Crippen MR) is 73.3 cm³/mol. The highest BCUT2D eigenvalue weighted by molar-refractivity contribution is 5.49. The second kappa shape index (κ2) is 5.67. The fourth-order valence-corrected chi connectivity index (χ4v) is 2.95. The summed E-state index contributed by atoms with van der Waals surface area (Å²) < 4.78 is 13.4. The highest BCUT2D eigenvalue weighted by Gasteiger charge is 2.30. The maximum Gasteiger partial charge on any atom is 0.125 e. The molecule has 1 aliphatic heterocycles. The number of anilines is 1. The summed E-state index contributed by atoms with van der Waals surface area (Å²) in [6.07, 6.45) is 0.936. The highest BCUT2D eigenvalue weighted by atomic mass is 19.1. The number of hydrogen-bond donors (Lipinski definition) is 1. The Balaban J connectivity index is 2.26. The minimum atomic E-state index is -0.176. The van der Waals surface area contributed by atoms with Gasteiger partial charge in [-0.2, -0.15) is 0 Å². The summed E-state index contributed by atoms with van der Waals surface area (Å²) in [5.74, 6) is -0.176. The van der Waals surface area contributed by atoms with Crippen LogP contribution in [0, 0.1) is 5.82 Å². The lowest BCUT2D eigenvalue weighted by atomic mass is 10.0. The average molecular weight is 251 g/mol. The Kier molecular flexibility index (Phi) is 4.19. The summed E-state index contributed by atoms with van der Waals surface area (Å²) in [5, 5.41) is 0. The minimum absolute atomic E-state index is 0.176. The number of nitrogens with zero attached hydrogens (tertiary/aromatic N) is 2. The number of piperazine rings is 1. The molecular formula is C14H22FN3. The number of nitrogens with two attached hydrogens (primary N) is 1. The van der Waals surface area contributed by atoms with Crippen molar-refractivity contribution >= 4 is 5.69 Å². The van der Waals surface area contributed by atoms with Gasteiger partial charge in [0.05, 0.1) is 0 Å². The first kappa shape index (κ1) is 13.3. The van der Waals surface area contributed by atoms with E-state index < -0.39 is 0 Å². The van der Waals surface area contributed by atoms with E-state index in [2.05, 4.69) is 23.8 Å². The van der Waals surface area contributed by atoms with Gasteiger partial charge in [-0.15, -0.1) is 0 Å². The Morgan fingerprint density at radius 1 is 1.39 bits per heavy atom. The largest absolute Gasteiger partial charge is 0.363 e. The molecule has 0 aliphatic carbocycles. The maximum absolute atomic E-state index is 13.4. The molecule has 1 aromatic carbocycles. The van der Waals surface area contributed by atoms with Gasteiger partial charge in [0.1, 0.15) is 5.82 Å². The van der Waals surface area contributed by atoms with Gasteiger partial charge in [0.2, 0.25) is 0 Å². The van der Waals surface area contributed by atoms with Gasteiger partial charge >= 0.3 is 0 Å². The van der Waals surface area contributed by atoms with E-state index in [1.807, 2.05) is 6.07 Å². The number of benzene rings is 1. The predicted octanol–water partition coefficient (Wildman–Crippen LogP) is 1.68. The maximum atomic E-state index is 13.4. The van der Waals surface area contributed by atoms with E-state index in [4.69, 9.17) is 5.73 Å². The van der Waals surface area contributed by atoms with Crippen LogP contribution in [0.3, 0.4) is 0 Å². The van der Waals surface area contributed by atoms with Crippen LogP contribution in [-0.4, -0.2) is 43.7 Å². The lowest BCUT2D eigenvalue weighted by Gasteiger charge is -2.46. The lowest BCUT2D eigenvalue weighted by molar-refractivity contribution is 0.227. The summed E-state index contributed by atoms with van der Waals surface area (Å²) in [7, 11) is 2.13. The molecule has 0 saturated carbocycles. The smallest absolute Gasteiger partial charge is 0.125 e. The number of hydrogen-bond acceptors (Lipinski definition) is 3. The average Bonchev–Trinajstić information content (AvgIpc) is 2.28. The lowest BCUT2D eigenvalue weighted by Crippen LogP contribution is -2.57. The molecule has 1 fully saturated rings.